The van der Waals surface area contributed by atoms with Crippen LogP contribution in [-0.4, -0.2) is 22.0 Å². The summed E-state index contributed by atoms with van der Waals surface area (Å²) in [5.74, 6) is -1.01. The molecule has 0 bridgehead atoms. The van der Waals surface area contributed by atoms with Gasteiger partial charge in [-0.3, -0.25) is 9.59 Å². The molecule has 2 rings (SSSR count). The monoisotopic (exact) mass is 332 g/mol. The predicted octanol–water partition coefficient (Wildman–Crippen LogP) is 3.79. The van der Waals surface area contributed by atoms with E-state index in [9.17, 15) is 9.59 Å². The number of aromatic nitrogens is 1. The molecule has 23 heavy (non-hydrogen) atoms. The van der Waals surface area contributed by atoms with Crippen LogP contribution in [0.3, 0.4) is 0 Å². The third kappa shape index (κ3) is 4.39. The lowest BCUT2D eigenvalue weighted by Crippen LogP contribution is -2.10. The fraction of sp³-hybridized carbons (Fsp3) is 0.353. The number of carbonyl (C=O) groups is 2. The fourth-order valence-corrected chi connectivity index (χ4v) is 3.34. The normalized spacial score (nSPS) is 10.6. The van der Waals surface area contributed by atoms with Crippen LogP contribution in [0.1, 0.15) is 35.8 Å². The predicted molar refractivity (Wildman–Crippen MR) is 91.9 cm³/mol. The highest BCUT2D eigenvalue weighted by Crippen LogP contribution is 2.33. The van der Waals surface area contributed by atoms with Crippen LogP contribution >= 0.6 is 11.3 Å². The second-order valence-electron chi connectivity index (χ2n) is 5.48. The van der Waals surface area contributed by atoms with Crippen LogP contribution in [0.2, 0.25) is 0 Å². The van der Waals surface area contributed by atoms with Crippen LogP contribution in [0.4, 0.5) is 5.13 Å². The standard InChI is InChI=1S/C17H20N2O3S/c1-4-5-14(20)18-17-19-16(13(23-17)9-15(21)22)12-7-6-10(2)8-11(12)3/h6-8H,4-5,9H2,1-3H3,(H,21,22)(H,18,19,20). The maximum absolute atomic E-state index is 11.7. The van der Waals surface area contributed by atoms with Crippen molar-refractivity contribution in [3.05, 3.63) is 34.2 Å². The molecule has 0 radical (unpaired) electrons. The summed E-state index contributed by atoms with van der Waals surface area (Å²) >= 11 is 1.23. The van der Waals surface area contributed by atoms with Gasteiger partial charge in [0.25, 0.3) is 0 Å². The average molecular weight is 332 g/mol. The average Bonchev–Trinajstić information content (AvgIpc) is 2.80. The lowest BCUT2D eigenvalue weighted by atomic mass is 10.0. The molecule has 0 saturated carbocycles. The number of amides is 1. The minimum Gasteiger partial charge on any atom is -0.481 e. The van der Waals surface area contributed by atoms with E-state index >= 15 is 0 Å². The number of thiazole rings is 1. The Kier molecular flexibility index (Phi) is 5.50. The first kappa shape index (κ1) is 17.1. The summed E-state index contributed by atoms with van der Waals surface area (Å²) in [4.78, 5) is 28.0. The van der Waals surface area contributed by atoms with E-state index in [4.69, 9.17) is 5.11 Å². The highest BCUT2D eigenvalue weighted by atomic mass is 32.1. The molecule has 1 aromatic carbocycles. The van der Waals surface area contributed by atoms with Crippen molar-refractivity contribution < 1.29 is 14.7 Å². The molecule has 6 heteroatoms. The fourth-order valence-electron chi connectivity index (χ4n) is 2.36. The molecule has 0 saturated heterocycles. The van der Waals surface area contributed by atoms with Crippen molar-refractivity contribution in [2.24, 2.45) is 0 Å². The molecule has 0 spiro atoms. The van der Waals surface area contributed by atoms with Crippen LogP contribution in [-0.2, 0) is 16.0 Å². The molecule has 0 fully saturated rings. The van der Waals surface area contributed by atoms with E-state index in [-0.39, 0.29) is 12.3 Å². The molecule has 0 aliphatic heterocycles. The Labute approximate surface area is 139 Å². The molecule has 2 aromatic rings. The Morgan fingerprint density at radius 3 is 2.65 bits per heavy atom. The molecule has 1 amide bonds. The number of aryl methyl sites for hydroxylation is 2. The van der Waals surface area contributed by atoms with Gasteiger partial charge < -0.3 is 10.4 Å². The number of hydrogen-bond donors (Lipinski definition) is 2. The van der Waals surface area contributed by atoms with E-state index in [0.29, 0.717) is 22.1 Å². The first-order valence-corrected chi connectivity index (χ1v) is 8.31. The van der Waals surface area contributed by atoms with Crippen LogP contribution in [0.25, 0.3) is 11.3 Å². The molecule has 2 N–H and O–H groups in total. The molecule has 0 aliphatic rings. The number of rotatable bonds is 6. The number of carboxylic acid groups (broad SMARTS) is 1. The molecular formula is C17H20N2O3S. The van der Waals surface area contributed by atoms with Crippen LogP contribution in [0.15, 0.2) is 18.2 Å². The minimum absolute atomic E-state index is 0.102. The van der Waals surface area contributed by atoms with Gasteiger partial charge in [0.15, 0.2) is 5.13 Å². The van der Waals surface area contributed by atoms with Gasteiger partial charge in [0.1, 0.15) is 0 Å². The first-order valence-electron chi connectivity index (χ1n) is 7.49. The Balaban J connectivity index is 2.41. The van der Waals surface area contributed by atoms with Crippen molar-refractivity contribution in [2.75, 3.05) is 5.32 Å². The van der Waals surface area contributed by atoms with E-state index in [1.54, 1.807) is 0 Å². The largest absolute Gasteiger partial charge is 0.481 e. The first-order chi connectivity index (χ1) is 10.9. The highest BCUT2D eigenvalue weighted by molar-refractivity contribution is 7.16. The zero-order valence-electron chi connectivity index (χ0n) is 13.5. The Hall–Kier alpha value is -2.21. The minimum atomic E-state index is -0.911. The second-order valence-corrected chi connectivity index (χ2v) is 6.56. The number of carboxylic acids is 1. The lowest BCUT2D eigenvalue weighted by Gasteiger charge is -2.06. The maximum atomic E-state index is 11.7. The maximum Gasteiger partial charge on any atom is 0.308 e. The summed E-state index contributed by atoms with van der Waals surface area (Å²) in [6.07, 6.45) is 1.07. The molecule has 0 atom stereocenters. The zero-order chi connectivity index (χ0) is 17.0. The third-order valence-electron chi connectivity index (χ3n) is 3.37. The summed E-state index contributed by atoms with van der Waals surface area (Å²) in [5.41, 5.74) is 3.71. The molecule has 0 unspecified atom stereocenters. The molecular weight excluding hydrogens is 312 g/mol. The van der Waals surface area contributed by atoms with Gasteiger partial charge in [-0.05, 0) is 25.8 Å². The van der Waals surface area contributed by atoms with Gasteiger partial charge in [0, 0.05) is 16.9 Å². The summed E-state index contributed by atoms with van der Waals surface area (Å²) in [6, 6.07) is 5.96. The number of benzene rings is 1. The summed E-state index contributed by atoms with van der Waals surface area (Å²) in [5, 5.41) is 12.3. The van der Waals surface area contributed by atoms with Crippen LogP contribution in [0.5, 0.6) is 0 Å². The van der Waals surface area contributed by atoms with Crippen molar-refractivity contribution in [3.8, 4) is 11.3 Å². The summed E-state index contributed by atoms with van der Waals surface area (Å²) < 4.78 is 0. The van der Waals surface area contributed by atoms with Gasteiger partial charge in [-0.15, -0.1) is 11.3 Å². The number of hydrogen-bond acceptors (Lipinski definition) is 4. The summed E-state index contributed by atoms with van der Waals surface area (Å²) in [7, 11) is 0. The SMILES string of the molecule is CCCC(=O)Nc1nc(-c2ccc(C)cc2C)c(CC(=O)O)s1. The number of anilines is 1. The van der Waals surface area contributed by atoms with E-state index in [1.807, 2.05) is 39.0 Å². The topological polar surface area (TPSA) is 79.3 Å². The van der Waals surface area contributed by atoms with E-state index in [2.05, 4.69) is 10.3 Å². The molecule has 1 heterocycles. The van der Waals surface area contributed by atoms with Gasteiger partial charge in [0.2, 0.25) is 5.91 Å². The smallest absolute Gasteiger partial charge is 0.308 e. The highest BCUT2D eigenvalue weighted by Gasteiger charge is 2.18. The molecule has 5 nitrogen and oxygen atoms in total. The van der Waals surface area contributed by atoms with Crippen LogP contribution in [0, 0.1) is 13.8 Å². The Morgan fingerprint density at radius 2 is 2.04 bits per heavy atom. The Bertz CT molecular complexity index is 737. The number of carbonyl (C=O) groups excluding carboxylic acids is 1. The van der Waals surface area contributed by atoms with E-state index in [0.717, 1.165) is 23.1 Å². The third-order valence-corrected chi connectivity index (χ3v) is 4.34. The van der Waals surface area contributed by atoms with Gasteiger partial charge in [-0.25, -0.2) is 4.98 Å². The molecule has 1 aromatic heterocycles. The number of aliphatic carboxylic acids is 1. The molecule has 0 aliphatic carbocycles. The van der Waals surface area contributed by atoms with Crippen LogP contribution < -0.4 is 5.32 Å². The van der Waals surface area contributed by atoms with E-state index in [1.165, 1.54) is 11.3 Å². The van der Waals surface area contributed by atoms with E-state index < -0.39 is 5.97 Å². The quantitative estimate of drug-likeness (QED) is 0.843. The zero-order valence-corrected chi connectivity index (χ0v) is 14.3. The Morgan fingerprint density at radius 1 is 1.30 bits per heavy atom. The number of nitrogens with zero attached hydrogens (tertiary/aromatic N) is 1. The van der Waals surface area contributed by atoms with Crippen molar-refractivity contribution >= 4 is 28.3 Å². The van der Waals surface area contributed by atoms with Crippen molar-refractivity contribution in [1.29, 1.82) is 0 Å². The molecule has 122 valence electrons. The van der Waals surface area contributed by atoms with Gasteiger partial charge in [-0.2, -0.15) is 0 Å². The second kappa shape index (κ2) is 7.37. The van der Waals surface area contributed by atoms with Crippen molar-refractivity contribution in [1.82, 2.24) is 4.98 Å². The van der Waals surface area contributed by atoms with Crippen molar-refractivity contribution in [3.63, 3.8) is 0 Å². The summed E-state index contributed by atoms with van der Waals surface area (Å²) in [6.45, 7) is 5.91. The van der Waals surface area contributed by atoms with Gasteiger partial charge in [0.05, 0.1) is 12.1 Å². The van der Waals surface area contributed by atoms with Gasteiger partial charge in [-0.1, -0.05) is 30.7 Å². The van der Waals surface area contributed by atoms with Crippen molar-refractivity contribution in [2.45, 2.75) is 40.0 Å². The lowest BCUT2D eigenvalue weighted by molar-refractivity contribution is -0.136. The number of nitrogens with one attached hydrogen (secondary N) is 1. The van der Waals surface area contributed by atoms with Gasteiger partial charge >= 0.3 is 5.97 Å².